The number of hydrogen-bond donors (Lipinski definition) is 1. The smallest absolute Gasteiger partial charge is 0.239 e. The Hall–Kier alpha value is -1.67. The van der Waals surface area contributed by atoms with Crippen LogP contribution in [0, 0.1) is 0 Å². The van der Waals surface area contributed by atoms with Crippen molar-refractivity contribution in [1.82, 2.24) is 20.1 Å². The molecule has 0 aromatic carbocycles. The van der Waals surface area contributed by atoms with Gasteiger partial charge in [-0.1, -0.05) is 6.92 Å². The van der Waals surface area contributed by atoms with Gasteiger partial charge in [-0.25, -0.2) is 4.98 Å². The molecule has 1 fully saturated rings. The van der Waals surface area contributed by atoms with E-state index in [4.69, 9.17) is 0 Å². The Morgan fingerprint density at radius 1 is 1.35 bits per heavy atom. The van der Waals surface area contributed by atoms with Crippen molar-refractivity contribution in [3.05, 3.63) is 11.6 Å². The first kappa shape index (κ1) is 17.7. The summed E-state index contributed by atoms with van der Waals surface area (Å²) in [6.07, 6.45) is 2.71. The lowest BCUT2D eigenvalue weighted by Gasteiger charge is -2.34. The van der Waals surface area contributed by atoms with Crippen molar-refractivity contribution in [2.24, 2.45) is 0 Å². The van der Waals surface area contributed by atoms with Crippen molar-refractivity contribution in [3.8, 4) is 0 Å². The van der Waals surface area contributed by atoms with Crippen LogP contribution in [-0.2, 0) is 9.59 Å². The first-order chi connectivity index (χ1) is 11.1. The number of carbonyl (C=O) groups excluding carboxylic acids is 2. The Bertz CT molecular complexity index is 500. The van der Waals surface area contributed by atoms with Crippen molar-refractivity contribution in [1.29, 1.82) is 0 Å². The summed E-state index contributed by atoms with van der Waals surface area (Å²) in [6.45, 7) is 6.56. The van der Waals surface area contributed by atoms with E-state index in [9.17, 15) is 9.59 Å². The molecule has 0 unspecified atom stereocenters. The third kappa shape index (κ3) is 5.47. The van der Waals surface area contributed by atoms with Gasteiger partial charge < -0.3 is 15.1 Å². The number of likely N-dealkylation sites (N-methyl/N-ethyl adjacent to an activating group) is 1. The summed E-state index contributed by atoms with van der Waals surface area (Å²) < 4.78 is 0. The maximum atomic E-state index is 12.2. The number of nitrogens with one attached hydrogen (secondary N) is 1. The van der Waals surface area contributed by atoms with Crippen molar-refractivity contribution < 1.29 is 9.59 Å². The molecule has 2 heterocycles. The summed E-state index contributed by atoms with van der Waals surface area (Å²) in [7, 11) is 1.68. The highest BCUT2D eigenvalue weighted by Gasteiger charge is 2.22. The summed E-state index contributed by atoms with van der Waals surface area (Å²) in [4.78, 5) is 34.1. The molecule has 0 bridgehead atoms. The summed E-state index contributed by atoms with van der Waals surface area (Å²) in [6, 6.07) is 0. The molecule has 1 aliphatic heterocycles. The largest absolute Gasteiger partial charge is 0.355 e. The van der Waals surface area contributed by atoms with E-state index in [1.807, 2.05) is 18.5 Å². The van der Waals surface area contributed by atoms with E-state index in [1.165, 1.54) is 4.90 Å². The number of amides is 2. The van der Waals surface area contributed by atoms with Crippen LogP contribution >= 0.6 is 11.3 Å². The third-order valence-corrected chi connectivity index (χ3v) is 4.63. The van der Waals surface area contributed by atoms with Crippen LogP contribution in [0.15, 0.2) is 11.6 Å². The molecule has 0 saturated carbocycles. The highest BCUT2D eigenvalue weighted by molar-refractivity contribution is 7.13. The number of nitrogens with zero attached hydrogens (tertiary/aromatic N) is 4. The number of anilines is 1. The van der Waals surface area contributed by atoms with Crippen molar-refractivity contribution in [2.75, 3.05) is 57.8 Å². The molecule has 0 aliphatic carbocycles. The second-order valence-electron chi connectivity index (χ2n) is 5.68. The molecule has 8 heteroatoms. The molecule has 128 valence electrons. The minimum atomic E-state index is -0.101. The van der Waals surface area contributed by atoms with Crippen LogP contribution in [0.1, 0.15) is 13.3 Å². The fraction of sp³-hybridized carbons (Fsp3) is 0.667. The van der Waals surface area contributed by atoms with Crippen LogP contribution in [-0.4, -0.2) is 79.5 Å². The highest BCUT2D eigenvalue weighted by Crippen LogP contribution is 2.18. The first-order valence-electron chi connectivity index (χ1n) is 7.97. The fourth-order valence-corrected chi connectivity index (χ4v) is 3.10. The van der Waals surface area contributed by atoms with Gasteiger partial charge in [0, 0.05) is 51.3 Å². The van der Waals surface area contributed by atoms with Gasteiger partial charge in [0.05, 0.1) is 13.1 Å². The number of thiazole rings is 1. The minimum Gasteiger partial charge on any atom is -0.355 e. The van der Waals surface area contributed by atoms with Gasteiger partial charge >= 0.3 is 0 Å². The Balaban J connectivity index is 1.70. The van der Waals surface area contributed by atoms with E-state index in [-0.39, 0.29) is 18.4 Å². The van der Waals surface area contributed by atoms with Gasteiger partial charge in [0.2, 0.25) is 11.8 Å². The first-order valence-corrected chi connectivity index (χ1v) is 8.85. The molecule has 1 aliphatic rings. The second-order valence-corrected chi connectivity index (χ2v) is 6.55. The predicted octanol–water partition coefficient (Wildman–Crippen LogP) is 0.250. The maximum Gasteiger partial charge on any atom is 0.239 e. The zero-order chi connectivity index (χ0) is 16.7. The molecular weight excluding hydrogens is 314 g/mol. The lowest BCUT2D eigenvalue weighted by molar-refractivity contribution is -0.135. The van der Waals surface area contributed by atoms with Gasteiger partial charge in [0.15, 0.2) is 5.13 Å². The van der Waals surface area contributed by atoms with Crippen LogP contribution in [0.3, 0.4) is 0 Å². The van der Waals surface area contributed by atoms with Crippen LogP contribution in [0.2, 0.25) is 0 Å². The molecule has 1 N–H and O–H groups in total. The number of hydrogen-bond acceptors (Lipinski definition) is 6. The van der Waals surface area contributed by atoms with Crippen LogP contribution in [0.4, 0.5) is 5.13 Å². The van der Waals surface area contributed by atoms with Crippen molar-refractivity contribution in [3.63, 3.8) is 0 Å². The van der Waals surface area contributed by atoms with E-state index in [1.54, 1.807) is 18.4 Å². The molecule has 1 aromatic rings. The quantitative estimate of drug-likeness (QED) is 0.771. The summed E-state index contributed by atoms with van der Waals surface area (Å²) in [5, 5.41) is 5.80. The van der Waals surface area contributed by atoms with E-state index >= 15 is 0 Å². The van der Waals surface area contributed by atoms with Gasteiger partial charge in [-0.15, -0.1) is 11.3 Å². The summed E-state index contributed by atoms with van der Waals surface area (Å²) in [5.41, 5.74) is 0. The van der Waals surface area contributed by atoms with Gasteiger partial charge in [0.25, 0.3) is 0 Å². The molecule has 23 heavy (non-hydrogen) atoms. The molecule has 2 rings (SSSR count). The lowest BCUT2D eigenvalue weighted by Crippen LogP contribution is -2.50. The van der Waals surface area contributed by atoms with E-state index in [2.05, 4.69) is 20.1 Å². The molecule has 7 nitrogen and oxygen atoms in total. The Labute approximate surface area is 141 Å². The minimum absolute atomic E-state index is 0.0145. The molecule has 0 radical (unpaired) electrons. The lowest BCUT2D eigenvalue weighted by atomic mass is 10.3. The summed E-state index contributed by atoms with van der Waals surface area (Å²) in [5.74, 6) is -0.115. The van der Waals surface area contributed by atoms with Crippen molar-refractivity contribution in [2.45, 2.75) is 13.3 Å². The monoisotopic (exact) mass is 339 g/mol. The molecular formula is C15H25N5O2S. The molecule has 0 atom stereocenters. The Morgan fingerprint density at radius 2 is 2.09 bits per heavy atom. The fourth-order valence-electron chi connectivity index (χ4n) is 2.41. The topological polar surface area (TPSA) is 68.8 Å². The van der Waals surface area contributed by atoms with Crippen LogP contribution in [0.5, 0.6) is 0 Å². The average Bonchev–Trinajstić information content (AvgIpc) is 3.08. The van der Waals surface area contributed by atoms with Crippen molar-refractivity contribution >= 4 is 28.3 Å². The maximum absolute atomic E-state index is 12.2. The average molecular weight is 339 g/mol. The number of rotatable bonds is 7. The molecule has 2 amide bonds. The number of piperazine rings is 1. The van der Waals surface area contributed by atoms with Crippen LogP contribution < -0.4 is 10.2 Å². The third-order valence-electron chi connectivity index (χ3n) is 3.80. The van der Waals surface area contributed by atoms with Gasteiger partial charge in [0.1, 0.15) is 0 Å². The second kappa shape index (κ2) is 8.83. The predicted molar refractivity (Wildman–Crippen MR) is 91.7 cm³/mol. The zero-order valence-electron chi connectivity index (χ0n) is 13.8. The Kier molecular flexibility index (Phi) is 6.79. The van der Waals surface area contributed by atoms with Gasteiger partial charge in [-0.05, 0) is 6.42 Å². The number of carbonyl (C=O) groups is 2. The van der Waals surface area contributed by atoms with E-state index < -0.39 is 0 Å². The summed E-state index contributed by atoms with van der Waals surface area (Å²) >= 11 is 1.64. The van der Waals surface area contributed by atoms with Gasteiger partial charge in [-0.2, -0.15) is 0 Å². The SMILES string of the molecule is CCCNC(=O)CN(C)C(=O)CN1CCN(c2nccs2)CC1. The molecule has 1 aromatic heterocycles. The zero-order valence-corrected chi connectivity index (χ0v) is 14.6. The van der Waals surface area contributed by atoms with E-state index in [0.29, 0.717) is 13.1 Å². The normalized spacial score (nSPS) is 15.5. The Morgan fingerprint density at radius 3 is 2.70 bits per heavy atom. The molecule has 1 saturated heterocycles. The van der Waals surface area contributed by atoms with E-state index in [0.717, 1.165) is 37.7 Å². The number of aromatic nitrogens is 1. The molecule has 0 spiro atoms. The van der Waals surface area contributed by atoms with Gasteiger partial charge in [-0.3, -0.25) is 14.5 Å². The van der Waals surface area contributed by atoms with Crippen LogP contribution in [0.25, 0.3) is 0 Å². The standard InChI is InChI=1S/C15H25N5O2S/c1-3-4-16-13(21)11-18(2)14(22)12-19-6-8-20(9-7-19)15-17-5-10-23-15/h5,10H,3-4,6-9,11-12H2,1-2H3,(H,16,21). The highest BCUT2D eigenvalue weighted by atomic mass is 32.1.